The molecule has 0 heterocycles. The second kappa shape index (κ2) is 5.01. The third-order valence-electron chi connectivity index (χ3n) is 2.44. The lowest BCUT2D eigenvalue weighted by molar-refractivity contribution is 0.103. The SMILES string of the molecule is O=C(c1cc(F)c(F)cc1F)c1c(F)cccc1Cl. The summed E-state index contributed by atoms with van der Waals surface area (Å²) in [5.74, 6) is -6.25. The Morgan fingerprint density at radius 2 is 1.53 bits per heavy atom. The second-order valence-electron chi connectivity index (χ2n) is 3.67. The molecule has 6 heteroatoms. The lowest BCUT2D eigenvalue weighted by Crippen LogP contribution is -2.09. The van der Waals surface area contributed by atoms with Gasteiger partial charge in [0.05, 0.1) is 16.1 Å². The van der Waals surface area contributed by atoms with Gasteiger partial charge in [0.25, 0.3) is 0 Å². The van der Waals surface area contributed by atoms with Gasteiger partial charge in [-0.1, -0.05) is 17.7 Å². The maximum Gasteiger partial charge on any atom is 0.200 e. The highest BCUT2D eigenvalue weighted by Crippen LogP contribution is 2.24. The van der Waals surface area contributed by atoms with Gasteiger partial charge >= 0.3 is 0 Å². The molecule has 0 radical (unpaired) electrons. The van der Waals surface area contributed by atoms with Crippen LogP contribution in [-0.2, 0) is 0 Å². The molecule has 0 aliphatic heterocycles. The average Bonchev–Trinajstić information content (AvgIpc) is 2.33. The van der Waals surface area contributed by atoms with E-state index in [9.17, 15) is 22.4 Å². The van der Waals surface area contributed by atoms with Crippen molar-refractivity contribution in [3.63, 3.8) is 0 Å². The molecule has 19 heavy (non-hydrogen) atoms. The van der Waals surface area contributed by atoms with Gasteiger partial charge in [-0.25, -0.2) is 17.6 Å². The van der Waals surface area contributed by atoms with Gasteiger partial charge in [-0.3, -0.25) is 4.79 Å². The van der Waals surface area contributed by atoms with E-state index in [0.29, 0.717) is 6.07 Å². The Kier molecular flexibility index (Phi) is 3.57. The molecular weight excluding hydrogens is 284 g/mol. The van der Waals surface area contributed by atoms with Crippen LogP contribution in [0.2, 0.25) is 5.02 Å². The zero-order valence-corrected chi connectivity index (χ0v) is 9.94. The normalized spacial score (nSPS) is 10.6. The Bertz CT molecular complexity index is 650. The van der Waals surface area contributed by atoms with Gasteiger partial charge in [-0.2, -0.15) is 0 Å². The highest BCUT2D eigenvalue weighted by atomic mass is 35.5. The average molecular weight is 289 g/mol. The van der Waals surface area contributed by atoms with Crippen molar-refractivity contribution in [1.29, 1.82) is 0 Å². The van der Waals surface area contributed by atoms with Crippen molar-refractivity contribution in [3.8, 4) is 0 Å². The molecule has 2 aromatic rings. The number of carbonyl (C=O) groups excluding carboxylic acids is 1. The number of benzene rings is 2. The lowest BCUT2D eigenvalue weighted by Gasteiger charge is -2.06. The van der Waals surface area contributed by atoms with E-state index in [0.717, 1.165) is 6.07 Å². The zero-order chi connectivity index (χ0) is 14.2. The van der Waals surface area contributed by atoms with Crippen molar-refractivity contribution in [3.05, 3.63) is 69.8 Å². The van der Waals surface area contributed by atoms with E-state index in [1.165, 1.54) is 12.1 Å². The quantitative estimate of drug-likeness (QED) is 0.461. The largest absolute Gasteiger partial charge is 0.288 e. The summed E-state index contributed by atoms with van der Waals surface area (Å²) in [6.45, 7) is 0. The number of hydrogen-bond donors (Lipinski definition) is 0. The van der Waals surface area contributed by atoms with E-state index >= 15 is 0 Å². The molecule has 0 fully saturated rings. The molecule has 0 saturated carbocycles. The predicted octanol–water partition coefficient (Wildman–Crippen LogP) is 4.13. The minimum Gasteiger partial charge on any atom is -0.288 e. The molecule has 0 aliphatic carbocycles. The van der Waals surface area contributed by atoms with Crippen LogP contribution in [0.25, 0.3) is 0 Å². The molecule has 0 N–H and O–H groups in total. The van der Waals surface area contributed by atoms with E-state index in [-0.39, 0.29) is 11.1 Å². The summed E-state index contributed by atoms with van der Waals surface area (Å²) in [6.07, 6.45) is 0. The van der Waals surface area contributed by atoms with E-state index in [1.807, 2.05) is 0 Å². The van der Waals surface area contributed by atoms with Crippen molar-refractivity contribution < 1.29 is 22.4 Å². The molecule has 0 aliphatic rings. The smallest absolute Gasteiger partial charge is 0.200 e. The fourth-order valence-corrected chi connectivity index (χ4v) is 1.79. The van der Waals surface area contributed by atoms with Crippen LogP contribution in [0.3, 0.4) is 0 Å². The molecule has 2 rings (SSSR count). The molecule has 0 atom stereocenters. The Hall–Kier alpha value is -1.88. The van der Waals surface area contributed by atoms with E-state index < -0.39 is 40.2 Å². The van der Waals surface area contributed by atoms with E-state index in [1.54, 1.807) is 0 Å². The summed E-state index contributed by atoms with van der Waals surface area (Å²) in [6, 6.07) is 4.04. The molecule has 98 valence electrons. The van der Waals surface area contributed by atoms with Crippen LogP contribution in [0.5, 0.6) is 0 Å². The molecule has 0 bridgehead atoms. The van der Waals surface area contributed by atoms with Crippen LogP contribution in [0, 0.1) is 23.3 Å². The van der Waals surface area contributed by atoms with Crippen LogP contribution in [-0.4, -0.2) is 5.78 Å². The minimum atomic E-state index is -1.44. The topological polar surface area (TPSA) is 17.1 Å². The summed E-state index contributed by atoms with van der Waals surface area (Å²) < 4.78 is 52.7. The number of halogens is 5. The number of rotatable bonds is 2. The predicted molar refractivity (Wildman–Crippen MR) is 61.2 cm³/mol. The fourth-order valence-electron chi connectivity index (χ4n) is 1.55. The molecule has 0 aromatic heterocycles. The summed E-state index contributed by atoms with van der Waals surface area (Å²) in [5.41, 5.74) is -1.38. The Morgan fingerprint density at radius 1 is 0.895 bits per heavy atom. The van der Waals surface area contributed by atoms with Gasteiger partial charge in [0.1, 0.15) is 11.6 Å². The van der Waals surface area contributed by atoms with Crippen molar-refractivity contribution in [2.45, 2.75) is 0 Å². The van der Waals surface area contributed by atoms with E-state index in [4.69, 9.17) is 11.6 Å². The fraction of sp³-hybridized carbons (Fsp3) is 0. The first kappa shape index (κ1) is 13.5. The highest BCUT2D eigenvalue weighted by molar-refractivity contribution is 6.35. The summed E-state index contributed by atoms with van der Waals surface area (Å²) in [7, 11) is 0. The van der Waals surface area contributed by atoms with Gasteiger partial charge in [0, 0.05) is 6.07 Å². The van der Waals surface area contributed by atoms with Crippen molar-refractivity contribution in [2.24, 2.45) is 0 Å². The summed E-state index contributed by atoms with van der Waals surface area (Å²) >= 11 is 5.65. The molecule has 2 aromatic carbocycles. The van der Waals surface area contributed by atoms with Gasteiger partial charge in [-0.15, -0.1) is 0 Å². The molecule has 0 unspecified atom stereocenters. The number of hydrogen-bond acceptors (Lipinski definition) is 1. The molecule has 1 nitrogen and oxygen atoms in total. The third-order valence-corrected chi connectivity index (χ3v) is 2.76. The standard InChI is InChI=1S/C13H5ClF4O/c14-7-2-1-3-8(15)12(7)13(19)6-4-10(17)11(18)5-9(6)16/h1-5H. The maximum absolute atomic E-state index is 13.5. The van der Waals surface area contributed by atoms with Crippen molar-refractivity contribution >= 4 is 17.4 Å². The monoisotopic (exact) mass is 288 g/mol. The van der Waals surface area contributed by atoms with Crippen LogP contribution < -0.4 is 0 Å². The highest BCUT2D eigenvalue weighted by Gasteiger charge is 2.22. The third kappa shape index (κ3) is 2.46. The first-order valence-corrected chi connectivity index (χ1v) is 5.43. The molecule has 0 spiro atoms. The number of ketones is 1. The van der Waals surface area contributed by atoms with Gasteiger partial charge in [0.15, 0.2) is 11.6 Å². The van der Waals surface area contributed by atoms with Crippen molar-refractivity contribution in [1.82, 2.24) is 0 Å². The Balaban J connectivity index is 2.60. The molecular formula is C13H5ClF4O. The lowest BCUT2D eigenvalue weighted by atomic mass is 10.0. The molecule has 0 saturated heterocycles. The van der Waals surface area contributed by atoms with E-state index in [2.05, 4.69) is 0 Å². The van der Waals surface area contributed by atoms with Gasteiger partial charge < -0.3 is 0 Å². The second-order valence-corrected chi connectivity index (χ2v) is 4.08. The first-order chi connectivity index (χ1) is 8.91. The minimum absolute atomic E-state index is 0.220. The Labute approximate surface area is 110 Å². The van der Waals surface area contributed by atoms with Crippen LogP contribution >= 0.6 is 11.6 Å². The van der Waals surface area contributed by atoms with Gasteiger partial charge in [-0.05, 0) is 18.2 Å². The summed E-state index contributed by atoms with van der Waals surface area (Å²) in [5, 5.41) is -0.242. The first-order valence-electron chi connectivity index (χ1n) is 5.05. The van der Waals surface area contributed by atoms with Crippen molar-refractivity contribution in [2.75, 3.05) is 0 Å². The maximum atomic E-state index is 13.5. The summed E-state index contributed by atoms with van der Waals surface area (Å²) in [4.78, 5) is 11.9. The molecule has 0 amide bonds. The van der Waals surface area contributed by atoms with Crippen LogP contribution in [0.4, 0.5) is 17.6 Å². The number of carbonyl (C=O) groups is 1. The Morgan fingerprint density at radius 3 is 2.16 bits per heavy atom. The van der Waals surface area contributed by atoms with Crippen LogP contribution in [0.1, 0.15) is 15.9 Å². The van der Waals surface area contributed by atoms with Crippen LogP contribution in [0.15, 0.2) is 30.3 Å². The van der Waals surface area contributed by atoms with Gasteiger partial charge in [0.2, 0.25) is 5.78 Å². The zero-order valence-electron chi connectivity index (χ0n) is 9.18.